The molecular weight excluding hydrogens is 238 g/mol. The van der Waals surface area contributed by atoms with Gasteiger partial charge in [-0.05, 0) is 25.7 Å². The van der Waals surface area contributed by atoms with E-state index in [-0.39, 0.29) is 11.8 Å². The van der Waals surface area contributed by atoms with Gasteiger partial charge in [-0.25, -0.2) is 4.79 Å². The summed E-state index contributed by atoms with van der Waals surface area (Å²) in [4.78, 5) is 22.9. The van der Waals surface area contributed by atoms with E-state index in [1.165, 1.54) is 0 Å². The summed E-state index contributed by atoms with van der Waals surface area (Å²) >= 11 is 0. The number of methoxy groups -OCH3 is 1. The highest BCUT2D eigenvalue weighted by Crippen LogP contribution is 2.14. The molecule has 1 fully saturated rings. The van der Waals surface area contributed by atoms with Gasteiger partial charge >= 0.3 is 5.97 Å². The van der Waals surface area contributed by atoms with Crippen molar-refractivity contribution in [2.75, 3.05) is 26.9 Å². The van der Waals surface area contributed by atoms with E-state index in [0.29, 0.717) is 32.7 Å². The summed E-state index contributed by atoms with van der Waals surface area (Å²) in [5.41, 5.74) is 0. The average Bonchev–Trinajstić information content (AvgIpc) is 2.38. The summed E-state index contributed by atoms with van der Waals surface area (Å²) in [5, 5.41) is 11.6. The molecule has 0 aromatic carbocycles. The van der Waals surface area contributed by atoms with Crippen molar-refractivity contribution in [2.24, 2.45) is 5.92 Å². The summed E-state index contributed by atoms with van der Waals surface area (Å²) in [6.45, 7) is 1.56. The summed E-state index contributed by atoms with van der Waals surface area (Å²) in [6, 6.07) is -0.838. The molecule has 2 N–H and O–H groups in total. The van der Waals surface area contributed by atoms with Crippen LogP contribution in [0.2, 0.25) is 0 Å². The van der Waals surface area contributed by atoms with Crippen LogP contribution in [0.15, 0.2) is 0 Å². The monoisotopic (exact) mass is 259 g/mol. The van der Waals surface area contributed by atoms with Gasteiger partial charge in [0, 0.05) is 20.3 Å². The van der Waals surface area contributed by atoms with Gasteiger partial charge in [0.25, 0.3) is 0 Å². The number of carbonyl (C=O) groups excluding carboxylic acids is 1. The number of rotatable bonds is 7. The zero-order valence-electron chi connectivity index (χ0n) is 10.7. The third-order valence-corrected chi connectivity index (χ3v) is 2.99. The van der Waals surface area contributed by atoms with Crippen LogP contribution >= 0.6 is 0 Å². The number of ether oxygens (including phenoxy) is 2. The van der Waals surface area contributed by atoms with Gasteiger partial charge < -0.3 is 19.9 Å². The van der Waals surface area contributed by atoms with Crippen molar-refractivity contribution in [1.82, 2.24) is 5.32 Å². The molecule has 1 aliphatic heterocycles. The molecule has 2 atom stereocenters. The first-order valence-electron chi connectivity index (χ1n) is 6.25. The van der Waals surface area contributed by atoms with Gasteiger partial charge in [0.2, 0.25) is 5.91 Å². The van der Waals surface area contributed by atoms with Crippen LogP contribution in [0.1, 0.15) is 25.7 Å². The number of amides is 1. The van der Waals surface area contributed by atoms with Crippen molar-refractivity contribution in [2.45, 2.75) is 31.7 Å². The highest BCUT2D eigenvalue weighted by Gasteiger charge is 2.26. The van der Waals surface area contributed by atoms with Crippen molar-refractivity contribution >= 4 is 11.9 Å². The third-order valence-electron chi connectivity index (χ3n) is 2.99. The molecule has 2 unspecified atom stereocenters. The molecule has 1 saturated heterocycles. The molecule has 104 valence electrons. The Morgan fingerprint density at radius 3 is 2.89 bits per heavy atom. The standard InChI is InChI=1S/C12H21NO5/c1-17-6-3-5-10(12(15)16)13-11(14)9-4-2-7-18-8-9/h9-10H,2-8H2,1H3,(H,13,14)(H,15,16). The molecule has 0 aromatic rings. The zero-order valence-corrected chi connectivity index (χ0v) is 10.7. The molecule has 1 aliphatic rings. The van der Waals surface area contributed by atoms with Crippen LogP contribution in [0, 0.1) is 5.92 Å². The number of aliphatic carboxylic acids is 1. The smallest absolute Gasteiger partial charge is 0.326 e. The van der Waals surface area contributed by atoms with Crippen LogP contribution in [0.5, 0.6) is 0 Å². The van der Waals surface area contributed by atoms with Crippen LogP contribution in [-0.2, 0) is 19.1 Å². The Hall–Kier alpha value is -1.14. The van der Waals surface area contributed by atoms with E-state index < -0.39 is 12.0 Å². The second-order valence-corrected chi connectivity index (χ2v) is 4.45. The summed E-state index contributed by atoms with van der Waals surface area (Å²) < 4.78 is 10.1. The van der Waals surface area contributed by atoms with Crippen LogP contribution in [0.4, 0.5) is 0 Å². The zero-order chi connectivity index (χ0) is 13.4. The van der Waals surface area contributed by atoms with Crippen LogP contribution < -0.4 is 5.32 Å². The first kappa shape index (κ1) is 14.9. The maximum Gasteiger partial charge on any atom is 0.326 e. The molecule has 0 aliphatic carbocycles. The number of carbonyl (C=O) groups is 2. The SMILES string of the molecule is COCCCC(NC(=O)C1CCCOC1)C(=O)O. The minimum absolute atomic E-state index is 0.219. The molecule has 0 aromatic heterocycles. The van der Waals surface area contributed by atoms with Crippen molar-refractivity contribution in [1.29, 1.82) is 0 Å². The highest BCUT2D eigenvalue weighted by atomic mass is 16.5. The van der Waals surface area contributed by atoms with Gasteiger partial charge in [-0.2, -0.15) is 0 Å². The lowest BCUT2D eigenvalue weighted by Gasteiger charge is -2.23. The van der Waals surface area contributed by atoms with Crippen molar-refractivity contribution in [3.8, 4) is 0 Å². The lowest BCUT2D eigenvalue weighted by Crippen LogP contribution is -2.45. The van der Waals surface area contributed by atoms with Gasteiger partial charge in [-0.15, -0.1) is 0 Å². The number of carboxylic acid groups (broad SMARTS) is 1. The molecule has 6 heteroatoms. The van der Waals surface area contributed by atoms with Gasteiger partial charge in [0.15, 0.2) is 0 Å². The minimum atomic E-state index is -1.00. The Morgan fingerprint density at radius 1 is 1.56 bits per heavy atom. The lowest BCUT2D eigenvalue weighted by molar-refractivity contribution is -0.143. The summed E-state index contributed by atoms with van der Waals surface area (Å²) in [6.07, 6.45) is 2.59. The largest absolute Gasteiger partial charge is 0.480 e. The highest BCUT2D eigenvalue weighted by molar-refractivity contribution is 5.85. The fourth-order valence-electron chi connectivity index (χ4n) is 1.93. The number of carboxylic acids is 1. The second kappa shape index (κ2) is 8.05. The van der Waals surface area contributed by atoms with Crippen LogP contribution in [-0.4, -0.2) is 50.0 Å². The number of nitrogens with one attached hydrogen (secondary N) is 1. The topological polar surface area (TPSA) is 84.9 Å². The Labute approximate surface area is 107 Å². The predicted molar refractivity (Wildman–Crippen MR) is 64.2 cm³/mol. The lowest BCUT2D eigenvalue weighted by atomic mass is 10.0. The molecule has 0 bridgehead atoms. The Balaban J connectivity index is 2.38. The molecule has 0 saturated carbocycles. The molecule has 0 spiro atoms. The normalized spacial score (nSPS) is 21.3. The van der Waals surface area contributed by atoms with Crippen LogP contribution in [0.25, 0.3) is 0 Å². The first-order chi connectivity index (χ1) is 8.65. The molecule has 0 radical (unpaired) electrons. The van der Waals surface area contributed by atoms with Gasteiger partial charge in [0.1, 0.15) is 6.04 Å². The minimum Gasteiger partial charge on any atom is -0.480 e. The molecular formula is C12H21NO5. The fraction of sp³-hybridized carbons (Fsp3) is 0.833. The van der Waals surface area contributed by atoms with Crippen molar-refractivity contribution in [3.63, 3.8) is 0 Å². The van der Waals surface area contributed by atoms with Crippen LogP contribution in [0.3, 0.4) is 0 Å². The van der Waals surface area contributed by atoms with E-state index in [1.54, 1.807) is 7.11 Å². The van der Waals surface area contributed by atoms with Gasteiger partial charge in [-0.3, -0.25) is 4.79 Å². The number of hydrogen-bond donors (Lipinski definition) is 2. The number of hydrogen-bond acceptors (Lipinski definition) is 4. The van der Waals surface area contributed by atoms with E-state index in [1.807, 2.05) is 0 Å². The Bertz CT molecular complexity index is 276. The third kappa shape index (κ3) is 5.01. The summed E-state index contributed by atoms with van der Waals surface area (Å²) in [5.74, 6) is -1.45. The maximum absolute atomic E-state index is 11.9. The predicted octanol–water partition coefficient (Wildman–Crippen LogP) is 0.409. The van der Waals surface area contributed by atoms with E-state index in [0.717, 1.165) is 12.8 Å². The van der Waals surface area contributed by atoms with Crippen molar-refractivity contribution < 1.29 is 24.2 Å². The molecule has 1 amide bonds. The van der Waals surface area contributed by atoms with E-state index >= 15 is 0 Å². The second-order valence-electron chi connectivity index (χ2n) is 4.45. The quantitative estimate of drug-likeness (QED) is 0.647. The van der Waals surface area contributed by atoms with Crippen molar-refractivity contribution in [3.05, 3.63) is 0 Å². The van der Waals surface area contributed by atoms with Gasteiger partial charge in [0.05, 0.1) is 12.5 Å². The van der Waals surface area contributed by atoms with Gasteiger partial charge in [-0.1, -0.05) is 0 Å². The maximum atomic E-state index is 11.9. The first-order valence-corrected chi connectivity index (χ1v) is 6.25. The van der Waals surface area contributed by atoms with E-state index in [4.69, 9.17) is 14.6 Å². The molecule has 1 rings (SSSR count). The molecule has 1 heterocycles. The Morgan fingerprint density at radius 2 is 2.33 bits per heavy atom. The average molecular weight is 259 g/mol. The fourth-order valence-corrected chi connectivity index (χ4v) is 1.93. The molecule has 18 heavy (non-hydrogen) atoms. The Kier molecular flexibility index (Phi) is 6.67. The van der Waals surface area contributed by atoms with E-state index in [2.05, 4.69) is 5.32 Å². The summed E-state index contributed by atoms with van der Waals surface area (Å²) in [7, 11) is 1.56. The molecule has 6 nitrogen and oxygen atoms in total. The van der Waals surface area contributed by atoms with E-state index in [9.17, 15) is 9.59 Å².